The molecule has 1 heterocycles. The first-order valence-corrected chi connectivity index (χ1v) is 10.7. The van der Waals surface area contributed by atoms with Crippen molar-refractivity contribution < 1.29 is 13.2 Å². The number of nitrogens with one attached hydrogen (secondary N) is 1. The molecule has 1 N–H and O–H groups in total. The molecular formula is C18H25N3O3S. The van der Waals surface area contributed by atoms with E-state index in [0.717, 1.165) is 30.5 Å². The quantitative estimate of drug-likeness (QED) is 0.761. The van der Waals surface area contributed by atoms with Gasteiger partial charge in [0.25, 0.3) is 0 Å². The molecular weight excluding hydrogens is 338 g/mol. The van der Waals surface area contributed by atoms with E-state index in [0.29, 0.717) is 11.9 Å². The smallest absolute Gasteiger partial charge is 0.175 e. The van der Waals surface area contributed by atoms with Gasteiger partial charge in [-0.3, -0.25) is 0 Å². The summed E-state index contributed by atoms with van der Waals surface area (Å²) in [7, 11) is -3.26. The number of benzene rings is 1. The molecule has 0 radical (unpaired) electrons. The number of aromatic nitrogens is 2. The van der Waals surface area contributed by atoms with Gasteiger partial charge in [-0.1, -0.05) is 19.3 Å². The number of sulfone groups is 1. The van der Waals surface area contributed by atoms with Gasteiger partial charge in [-0.25, -0.2) is 18.4 Å². The van der Waals surface area contributed by atoms with Gasteiger partial charge >= 0.3 is 0 Å². The summed E-state index contributed by atoms with van der Waals surface area (Å²) < 4.78 is 29.4. The van der Waals surface area contributed by atoms with Crippen molar-refractivity contribution in [3.05, 3.63) is 24.5 Å². The molecule has 1 aliphatic rings. The van der Waals surface area contributed by atoms with Gasteiger partial charge in [-0.2, -0.15) is 0 Å². The molecule has 7 heteroatoms. The summed E-state index contributed by atoms with van der Waals surface area (Å²) >= 11 is 0. The lowest BCUT2D eigenvalue weighted by Gasteiger charge is -2.22. The Kier molecular flexibility index (Phi) is 5.86. The van der Waals surface area contributed by atoms with Gasteiger partial charge in [0.05, 0.1) is 16.5 Å². The van der Waals surface area contributed by atoms with Crippen LogP contribution >= 0.6 is 0 Å². The van der Waals surface area contributed by atoms with Crippen molar-refractivity contribution >= 4 is 26.6 Å². The highest BCUT2D eigenvalue weighted by molar-refractivity contribution is 7.90. The predicted molar refractivity (Wildman–Crippen MR) is 98.6 cm³/mol. The molecule has 0 spiro atoms. The van der Waals surface area contributed by atoms with E-state index in [4.69, 9.17) is 4.74 Å². The molecule has 0 amide bonds. The Labute approximate surface area is 148 Å². The van der Waals surface area contributed by atoms with Crippen molar-refractivity contribution in [2.75, 3.05) is 24.7 Å². The molecule has 1 aromatic carbocycles. The van der Waals surface area contributed by atoms with E-state index in [9.17, 15) is 8.42 Å². The van der Waals surface area contributed by atoms with Crippen LogP contribution in [0.4, 0.5) is 5.82 Å². The molecule has 0 atom stereocenters. The van der Waals surface area contributed by atoms with Crippen LogP contribution in [-0.4, -0.2) is 43.9 Å². The van der Waals surface area contributed by atoms with Crippen LogP contribution in [0.15, 0.2) is 29.4 Å². The van der Waals surface area contributed by atoms with E-state index in [1.54, 1.807) is 18.2 Å². The minimum Gasteiger partial charge on any atom is -0.378 e. The third kappa shape index (κ3) is 4.89. The fourth-order valence-electron chi connectivity index (χ4n) is 3.17. The average Bonchev–Trinajstić information content (AvgIpc) is 2.61. The third-order valence-electron chi connectivity index (χ3n) is 4.55. The van der Waals surface area contributed by atoms with Crippen molar-refractivity contribution in [1.29, 1.82) is 0 Å². The van der Waals surface area contributed by atoms with Crippen LogP contribution in [0, 0.1) is 0 Å². The summed E-state index contributed by atoms with van der Waals surface area (Å²) in [5, 5.41) is 4.00. The Morgan fingerprint density at radius 3 is 2.76 bits per heavy atom. The van der Waals surface area contributed by atoms with E-state index in [-0.39, 0.29) is 4.90 Å². The second-order valence-corrected chi connectivity index (χ2v) is 8.60. The first kappa shape index (κ1) is 18.1. The van der Waals surface area contributed by atoms with Gasteiger partial charge in [0, 0.05) is 24.8 Å². The molecule has 1 saturated carbocycles. The summed E-state index contributed by atoms with van der Waals surface area (Å²) in [4.78, 5) is 8.74. The molecule has 0 bridgehead atoms. The zero-order valence-electron chi connectivity index (χ0n) is 14.6. The molecule has 0 unspecified atom stereocenters. The second-order valence-electron chi connectivity index (χ2n) is 6.58. The van der Waals surface area contributed by atoms with Gasteiger partial charge in [0.15, 0.2) is 9.84 Å². The van der Waals surface area contributed by atoms with Gasteiger partial charge in [-0.05, 0) is 37.5 Å². The summed E-state index contributed by atoms with van der Waals surface area (Å²) in [6, 6.07) is 4.92. The van der Waals surface area contributed by atoms with E-state index in [1.807, 2.05) is 0 Å². The first-order valence-electron chi connectivity index (χ1n) is 8.84. The van der Waals surface area contributed by atoms with E-state index in [2.05, 4.69) is 15.3 Å². The maximum absolute atomic E-state index is 11.8. The number of ether oxygens (including phenoxy) is 1. The van der Waals surface area contributed by atoms with E-state index in [1.165, 1.54) is 44.7 Å². The van der Waals surface area contributed by atoms with Gasteiger partial charge in [-0.15, -0.1) is 0 Å². The van der Waals surface area contributed by atoms with E-state index >= 15 is 0 Å². The fraction of sp³-hybridized carbons (Fsp3) is 0.556. The maximum atomic E-state index is 11.8. The maximum Gasteiger partial charge on any atom is 0.175 e. The van der Waals surface area contributed by atoms with E-state index < -0.39 is 9.84 Å². The number of anilines is 1. The molecule has 25 heavy (non-hydrogen) atoms. The minimum absolute atomic E-state index is 0.276. The highest BCUT2D eigenvalue weighted by atomic mass is 32.2. The summed E-state index contributed by atoms with van der Waals surface area (Å²) in [6.07, 6.45) is 10.2. The lowest BCUT2D eigenvalue weighted by molar-refractivity contribution is 0.0284. The van der Waals surface area contributed by atoms with Crippen molar-refractivity contribution in [3.63, 3.8) is 0 Å². The Bertz CT molecular complexity index is 817. The minimum atomic E-state index is -3.26. The number of hydrogen-bond donors (Lipinski definition) is 1. The van der Waals surface area contributed by atoms with Gasteiger partial charge in [0.2, 0.25) is 0 Å². The molecule has 0 saturated heterocycles. The molecule has 1 aromatic heterocycles. The molecule has 136 valence electrons. The summed E-state index contributed by atoms with van der Waals surface area (Å²) in [5.74, 6) is 0.660. The fourth-order valence-corrected chi connectivity index (χ4v) is 3.82. The standard InChI is InChI=1S/C18H25N3O3S/c1-25(22,23)15-8-9-17-16(12-15)18(21-13-20-17)19-10-5-11-24-14-6-3-2-4-7-14/h8-9,12-14H,2-7,10-11H2,1H3,(H,19,20,21). The highest BCUT2D eigenvalue weighted by Gasteiger charge is 2.13. The molecule has 1 fully saturated rings. The zero-order chi connectivity index (χ0) is 17.7. The number of rotatable bonds is 7. The van der Waals surface area contributed by atoms with Crippen LogP contribution in [-0.2, 0) is 14.6 Å². The normalized spacial score (nSPS) is 16.2. The molecule has 6 nitrogen and oxygen atoms in total. The SMILES string of the molecule is CS(=O)(=O)c1ccc2ncnc(NCCCOC3CCCCC3)c2c1. The Balaban J connectivity index is 1.59. The Hall–Kier alpha value is -1.73. The molecule has 2 aromatic rings. The molecule has 3 rings (SSSR count). The molecule has 1 aliphatic carbocycles. The van der Waals surface area contributed by atoms with Crippen LogP contribution in [0.2, 0.25) is 0 Å². The van der Waals surface area contributed by atoms with Crippen LogP contribution in [0.1, 0.15) is 38.5 Å². The Morgan fingerprint density at radius 2 is 2.00 bits per heavy atom. The second kappa shape index (κ2) is 8.10. The van der Waals surface area contributed by atoms with Crippen molar-refractivity contribution in [2.45, 2.75) is 49.5 Å². The number of hydrogen-bond acceptors (Lipinski definition) is 6. The summed E-state index contributed by atoms with van der Waals surface area (Å²) in [6.45, 7) is 1.46. The highest BCUT2D eigenvalue weighted by Crippen LogP contribution is 2.23. The van der Waals surface area contributed by atoms with Crippen LogP contribution < -0.4 is 5.32 Å². The molecule has 0 aliphatic heterocycles. The van der Waals surface area contributed by atoms with Crippen LogP contribution in [0.3, 0.4) is 0 Å². The third-order valence-corrected chi connectivity index (χ3v) is 5.66. The number of nitrogens with zero attached hydrogens (tertiary/aromatic N) is 2. The van der Waals surface area contributed by atoms with Crippen molar-refractivity contribution in [2.24, 2.45) is 0 Å². The van der Waals surface area contributed by atoms with Gasteiger partial charge in [0.1, 0.15) is 12.1 Å². The predicted octanol–water partition coefficient (Wildman–Crippen LogP) is 3.18. The topological polar surface area (TPSA) is 81.2 Å². The van der Waals surface area contributed by atoms with Crippen LogP contribution in [0.25, 0.3) is 10.9 Å². The lowest BCUT2D eigenvalue weighted by Crippen LogP contribution is -2.18. The summed E-state index contributed by atoms with van der Waals surface area (Å²) in [5.41, 5.74) is 0.725. The van der Waals surface area contributed by atoms with Crippen molar-refractivity contribution in [3.8, 4) is 0 Å². The average molecular weight is 363 g/mol. The zero-order valence-corrected chi connectivity index (χ0v) is 15.4. The largest absolute Gasteiger partial charge is 0.378 e. The first-order chi connectivity index (χ1) is 12.0. The van der Waals surface area contributed by atoms with Crippen molar-refractivity contribution in [1.82, 2.24) is 9.97 Å². The Morgan fingerprint density at radius 1 is 1.20 bits per heavy atom. The van der Waals surface area contributed by atoms with Crippen LogP contribution in [0.5, 0.6) is 0 Å². The van der Waals surface area contributed by atoms with Gasteiger partial charge < -0.3 is 10.1 Å². The monoisotopic (exact) mass is 363 g/mol. The lowest BCUT2D eigenvalue weighted by atomic mass is 9.98. The number of fused-ring (bicyclic) bond motifs is 1.